The lowest BCUT2D eigenvalue weighted by atomic mass is 10.1. The van der Waals surface area contributed by atoms with E-state index < -0.39 is 0 Å². The third-order valence-corrected chi connectivity index (χ3v) is 3.46. The fourth-order valence-corrected chi connectivity index (χ4v) is 2.25. The van der Waals surface area contributed by atoms with Gasteiger partial charge in [-0.05, 0) is 31.7 Å². The number of carbonyl (C=O) groups excluding carboxylic acids is 2. The van der Waals surface area contributed by atoms with Crippen LogP contribution in [0.25, 0.3) is 0 Å². The predicted octanol–water partition coefficient (Wildman–Crippen LogP) is 0.659. The molecule has 0 bridgehead atoms. The first-order valence-corrected chi connectivity index (χ1v) is 6.42. The number of hydrogen-bond donors (Lipinski definition) is 1. The number of urea groups is 1. The molecule has 5 heteroatoms. The highest BCUT2D eigenvalue weighted by Crippen LogP contribution is 2.33. The number of nitrogens with one attached hydrogen (secondary N) is 1. The average molecular weight is 239 g/mol. The van der Waals surface area contributed by atoms with Gasteiger partial charge in [0, 0.05) is 19.6 Å². The predicted molar refractivity (Wildman–Crippen MR) is 64.5 cm³/mol. The Bertz CT molecular complexity index is 315. The van der Waals surface area contributed by atoms with Crippen molar-refractivity contribution in [2.45, 2.75) is 32.2 Å². The van der Waals surface area contributed by atoms with Crippen LogP contribution in [0.3, 0.4) is 0 Å². The van der Waals surface area contributed by atoms with Crippen LogP contribution in [-0.4, -0.2) is 54.5 Å². The maximum absolute atomic E-state index is 11.8. The summed E-state index contributed by atoms with van der Waals surface area (Å²) in [6.07, 6.45) is 3.51. The van der Waals surface area contributed by atoms with Crippen molar-refractivity contribution in [3.05, 3.63) is 0 Å². The largest absolute Gasteiger partial charge is 0.327 e. The van der Waals surface area contributed by atoms with Gasteiger partial charge in [0.05, 0.1) is 0 Å². The highest BCUT2D eigenvalue weighted by molar-refractivity contribution is 6.01. The zero-order valence-electron chi connectivity index (χ0n) is 10.6. The average Bonchev–Trinajstić information content (AvgIpc) is 3.09. The summed E-state index contributed by atoms with van der Waals surface area (Å²) in [4.78, 5) is 26.3. The lowest BCUT2D eigenvalue weighted by Gasteiger charge is -2.23. The molecule has 1 atom stereocenters. The van der Waals surface area contributed by atoms with Crippen molar-refractivity contribution in [1.82, 2.24) is 15.1 Å². The van der Waals surface area contributed by atoms with Gasteiger partial charge in [-0.15, -0.1) is 0 Å². The number of nitrogens with zero attached hydrogens (tertiary/aromatic N) is 2. The second kappa shape index (κ2) is 5.04. The Morgan fingerprint density at radius 2 is 2.12 bits per heavy atom. The van der Waals surface area contributed by atoms with E-state index in [2.05, 4.69) is 12.2 Å². The molecule has 2 fully saturated rings. The van der Waals surface area contributed by atoms with Gasteiger partial charge in [-0.2, -0.15) is 0 Å². The van der Waals surface area contributed by atoms with E-state index in [0.717, 1.165) is 13.0 Å². The standard InChI is InChI=1S/C12H21N3O2/c1-3-6-13-10(9-4-5-9)7-15-11(16)8-14(2)12(15)17/h9-10,13H,3-8H2,1-2H3. The molecule has 1 aliphatic carbocycles. The van der Waals surface area contributed by atoms with Gasteiger partial charge in [-0.25, -0.2) is 4.79 Å². The fourth-order valence-electron chi connectivity index (χ4n) is 2.25. The van der Waals surface area contributed by atoms with Crippen LogP contribution in [0.2, 0.25) is 0 Å². The van der Waals surface area contributed by atoms with Crippen LogP contribution in [0.1, 0.15) is 26.2 Å². The normalized spacial score (nSPS) is 22.5. The van der Waals surface area contributed by atoms with E-state index in [4.69, 9.17) is 0 Å². The molecule has 0 aromatic heterocycles. The first-order chi connectivity index (χ1) is 8.13. The van der Waals surface area contributed by atoms with Gasteiger partial charge < -0.3 is 10.2 Å². The van der Waals surface area contributed by atoms with Crippen molar-refractivity contribution < 1.29 is 9.59 Å². The molecule has 0 aromatic carbocycles. The molecular formula is C12H21N3O2. The minimum absolute atomic E-state index is 0.0681. The molecule has 96 valence electrons. The molecule has 2 aliphatic rings. The molecule has 5 nitrogen and oxygen atoms in total. The minimum atomic E-state index is -0.154. The summed E-state index contributed by atoms with van der Waals surface area (Å²) in [5.74, 6) is 0.578. The quantitative estimate of drug-likeness (QED) is 0.693. The fraction of sp³-hybridized carbons (Fsp3) is 0.833. The Labute approximate surface area is 102 Å². The van der Waals surface area contributed by atoms with Gasteiger partial charge in [-0.1, -0.05) is 6.92 Å². The van der Waals surface area contributed by atoms with Crippen LogP contribution in [0, 0.1) is 5.92 Å². The third kappa shape index (κ3) is 2.77. The zero-order valence-corrected chi connectivity index (χ0v) is 10.6. The molecule has 0 radical (unpaired) electrons. The SMILES string of the molecule is CCCNC(CN1C(=O)CN(C)C1=O)C1CC1. The molecule has 0 aromatic rings. The Morgan fingerprint density at radius 1 is 1.41 bits per heavy atom. The molecule has 2 rings (SSSR count). The van der Waals surface area contributed by atoms with Crippen LogP contribution in [0.15, 0.2) is 0 Å². The first-order valence-electron chi connectivity index (χ1n) is 6.42. The number of hydrogen-bond acceptors (Lipinski definition) is 3. The molecular weight excluding hydrogens is 218 g/mol. The van der Waals surface area contributed by atoms with Gasteiger partial charge in [0.15, 0.2) is 0 Å². The highest BCUT2D eigenvalue weighted by atomic mass is 16.2. The van der Waals surface area contributed by atoms with Crippen molar-refractivity contribution in [3.8, 4) is 0 Å². The number of likely N-dealkylation sites (N-methyl/N-ethyl adjacent to an activating group) is 1. The van der Waals surface area contributed by atoms with Crippen LogP contribution in [0.4, 0.5) is 4.79 Å². The van der Waals surface area contributed by atoms with Crippen molar-refractivity contribution in [1.29, 1.82) is 0 Å². The summed E-state index contributed by atoms with van der Waals surface area (Å²) in [5.41, 5.74) is 0. The summed E-state index contributed by atoms with van der Waals surface area (Å²) >= 11 is 0. The van der Waals surface area contributed by atoms with E-state index in [1.807, 2.05) is 0 Å². The summed E-state index contributed by atoms with van der Waals surface area (Å²) in [7, 11) is 1.67. The van der Waals surface area contributed by atoms with Crippen molar-refractivity contribution in [2.24, 2.45) is 5.92 Å². The summed E-state index contributed by atoms with van der Waals surface area (Å²) in [6, 6.07) is 0.133. The Kier molecular flexibility index (Phi) is 3.66. The third-order valence-electron chi connectivity index (χ3n) is 3.46. The van der Waals surface area contributed by atoms with E-state index in [0.29, 0.717) is 12.5 Å². The van der Waals surface area contributed by atoms with Crippen molar-refractivity contribution in [2.75, 3.05) is 26.7 Å². The first kappa shape index (κ1) is 12.4. The lowest BCUT2D eigenvalue weighted by Crippen LogP contribution is -2.45. The van der Waals surface area contributed by atoms with Crippen LogP contribution < -0.4 is 5.32 Å². The smallest absolute Gasteiger partial charge is 0.318 e. The highest BCUT2D eigenvalue weighted by Gasteiger charge is 2.39. The summed E-state index contributed by atoms with van der Waals surface area (Å²) < 4.78 is 0. The van der Waals surface area contributed by atoms with Crippen LogP contribution >= 0.6 is 0 Å². The second-order valence-corrected chi connectivity index (χ2v) is 5.04. The lowest BCUT2D eigenvalue weighted by molar-refractivity contribution is -0.125. The number of carbonyl (C=O) groups is 2. The second-order valence-electron chi connectivity index (χ2n) is 5.04. The maximum Gasteiger partial charge on any atom is 0.327 e. The minimum Gasteiger partial charge on any atom is -0.318 e. The van der Waals surface area contributed by atoms with E-state index in [1.54, 1.807) is 7.05 Å². The maximum atomic E-state index is 11.8. The molecule has 0 spiro atoms. The molecule has 17 heavy (non-hydrogen) atoms. The van der Waals surface area contributed by atoms with Crippen LogP contribution in [-0.2, 0) is 4.79 Å². The molecule has 1 saturated carbocycles. The molecule has 1 aliphatic heterocycles. The Balaban J connectivity index is 1.92. The Morgan fingerprint density at radius 3 is 2.59 bits per heavy atom. The Hall–Kier alpha value is -1.10. The van der Waals surface area contributed by atoms with Crippen molar-refractivity contribution >= 4 is 11.9 Å². The molecule has 1 saturated heterocycles. The summed E-state index contributed by atoms with van der Waals surface area (Å²) in [6.45, 7) is 3.83. The van der Waals surface area contributed by atoms with Gasteiger partial charge in [0.1, 0.15) is 6.54 Å². The number of imide groups is 1. The van der Waals surface area contributed by atoms with Crippen molar-refractivity contribution in [3.63, 3.8) is 0 Å². The summed E-state index contributed by atoms with van der Waals surface area (Å²) in [5, 5.41) is 3.45. The van der Waals surface area contributed by atoms with Gasteiger partial charge in [0.25, 0.3) is 0 Å². The van der Waals surface area contributed by atoms with E-state index in [-0.39, 0.29) is 24.5 Å². The van der Waals surface area contributed by atoms with E-state index in [1.165, 1.54) is 22.6 Å². The van der Waals surface area contributed by atoms with E-state index >= 15 is 0 Å². The topological polar surface area (TPSA) is 52.7 Å². The molecule has 3 amide bonds. The monoisotopic (exact) mass is 239 g/mol. The van der Waals surface area contributed by atoms with Gasteiger partial charge in [-0.3, -0.25) is 9.69 Å². The molecule has 1 unspecified atom stereocenters. The number of amides is 3. The van der Waals surface area contributed by atoms with Gasteiger partial charge >= 0.3 is 6.03 Å². The van der Waals surface area contributed by atoms with Gasteiger partial charge in [0.2, 0.25) is 5.91 Å². The number of rotatable bonds is 6. The van der Waals surface area contributed by atoms with Crippen LogP contribution in [0.5, 0.6) is 0 Å². The van der Waals surface area contributed by atoms with E-state index in [9.17, 15) is 9.59 Å². The molecule has 1 heterocycles. The molecule has 1 N–H and O–H groups in total. The zero-order chi connectivity index (χ0) is 12.4.